The van der Waals surface area contributed by atoms with Crippen LogP contribution in [0.2, 0.25) is 0 Å². The lowest BCUT2D eigenvalue weighted by Crippen LogP contribution is -2.07. The maximum atomic E-state index is 11.4. The number of aryl methyl sites for hydroxylation is 1. The summed E-state index contributed by atoms with van der Waals surface area (Å²) in [4.78, 5) is 14.9. The second kappa shape index (κ2) is 10.0. The zero-order chi connectivity index (χ0) is 19.0. The molecule has 0 aliphatic carbocycles. The number of thiophene rings is 1. The molecule has 0 saturated heterocycles. The van der Waals surface area contributed by atoms with E-state index in [1.807, 2.05) is 36.5 Å². The Hall–Kier alpha value is -2.07. The fourth-order valence-corrected chi connectivity index (χ4v) is 3.43. The van der Waals surface area contributed by atoms with Crippen molar-refractivity contribution in [1.82, 2.24) is 0 Å². The van der Waals surface area contributed by atoms with Gasteiger partial charge in [0.1, 0.15) is 0 Å². The standard InChI is InChI=1S/C21H29NO2S/c1-8-24-20(23)14-16(3)11-9-10-15(2)12-13-19-17(4)21(22(6)7)25-18(19)5/h9-14H,8H2,1-7H3/b11-9+,13-12?,15-10?,16-14?. The normalized spacial score (nSPS) is 13.1. The number of carbonyl (C=O) groups excluding carboxylic acids is 1. The summed E-state index contributed by atoms with van der Waals surface area (Å²) in [5.41, 5.74) is 4.63. The third-order valence-electron chi connectivity index (χ3n) is 3.62. The molecule has 0 atom stereocenters. The van der Waals surface area contributed by atoms with Crippen molar-refractivity contribution in [2.75, 3.05) is 25.6 Å². The van der Waals surface area contributed by atoms with Crippen molar-refractivity contribution in [2.24, 2.45) is 0 Å². The van der Waals surface area contributed by atoms with E-state index >= 15 is 0 Å². The van der Waals surface area contributed by atoms with Gasteiger partial charge in [0.2, 0.25) is 0 Å². The van der Waals surface area contributed by atoms with Crippen molar-refractivity contribution in [1.29, 1.82) is 0 Å². The average Bonchev–Trinajstić information content (AvgIpc) is 2.80. The number of allylic oxidation sites excluding steroid dienone is 6. The Morgan fingerprint density at radius 2 is 1.84 bits per heavy atom. The van der Waals surface area contributed by atoms with E-state index < -0.39 is 0 Å². The van der Waals surface area contributed by atoms with Gasteiger partial charge in [-0.2, -0.15) is 0 Å². The molecule has 1 rings (SSSR count). The molecule has 0 fully saturated rings. The third-order valence-corrected chi connectivity index (χ3v) is 5.01. The molecule has 1 aromatic heterocycles. The molecular formula is C21H29NO2S. The zero-order valence-corrected chi connectivity index (χ0v) is 17.2. The molecule has 0 aliphatic heterocycles. The highest BCUT2D eigenvalue weighted by molar-refractivity contribution is 7.16. The van der Waals surface area contributed by atoms with E-state index in [-0.39, 0.29) is 5.97 Å². The van der Waals surface area contributed by atoms with Gasteiger partial charge in [-0.1, -0.05) is 36.0 Å². The molecule has 136 valence electrons. The molecule has 0 N–H and O–H groups in total. The SMILES string of the molecule is CCOC(=O)C=C(C)/C=C/C=C(C)C=Cc1c(C)sc(N(C)C)c1C. The van der Waals surface area contributed by atoms with Crippen LogP contribution in [0.3, 0.4) is 0 Å². The number of carbonyl (C=O) groups is 1. The van der Waals surface area contributed by atoms with Crippen LogP contribution in [0.15, 0.2) is 41.5 Å². The molecule has 0 bridgehead atoms. The topological polar surface area (TPSA) is 29.5 Å². The van der Waals surface area contributed by atoms with Crippen LogP contribution in [0.1, 0.15) is 36.8 Å². The number of anilines is 1. The fourth-order valence-electron chi connectivity index (χ4n) is 2.36. The number of hydrogen-bond donors (Lipinski definition) is 0. The van der Waals surface area contributed by atoms with Gasteiger partial charge in [-0.15, -0.1) is 11.3 Å². The number of esters is 1. The van der Waals surface area contributed by atoms with E-state index in [1.54, 1.807) is 6.92 Å². The van der Waals surface area contributed by atoms with Crippen LogP contribution >= 0.6 is 11.3 Å². The minimum absolute atomic E-state index is 0.301. The molecule has 1 heterocycles. The number of hydrogen-bond acceptors (Lipinski definition) is 4. The van der Waals surface area contributed by atoms with Crippen molar-refractivity contribution in [2.45, 2.75) is 34.6 Å². The van der Waals surface area contributed by atoms with Crippen LogP contribution < -0.4 is 4.90 Å². The molecule has 0 aromatic carbocycles. The monoisotopic (exact) mass is 359 g/mol. The van der Waals surface area contributed by atoms with Gasteiger partial charge >= 0.3 is 5.97 Å². The Kier molecular flexibility index (Phi) is 8.42. The molecule has 4 heteroatoms. The maximum absolute atomic E-state index is 11.4. The average molecular weight is 360 g/mol. The Morgan fingerprint density at radius 1 is 1.16 bits per heavy atom. The van der Waals surface area contributed by atoms with Crippen LogP contribution in [-0.2, 0) is 9.53 Å². The second-order valence-electron chi connectivity index (χ2n) is 6.14. The molecule has 0 saturated carbocycles. The Labute approximate surface area is 156 Å². The van der Waals surface area contributed by atoms with Crippen molar-refractivity contribution >= 4 is 28.4 Å². The van der Waals surface area contributed by atoms with Crippen LogP contribution in [0, 0.1) is 13.8 Å². The largest absolute Gasteiger partial charge is 0.463 e. The van der Waals surface area contributed by atoms with Gasteiger partial charge in [-0.05, 0) is 51.3 Å². The fraction of sp³-hybridized carbons (Fsp3) is 0.381. The predicted octanol–water partition coefficient (Wildman–Crippen LogP) is 5.46. The van der Waals surface area contributed by atoms with E-state index in [2.05, 4.69) is 51.9 Å². The molecule has 0 aliphatic rings. The Bertz CT molecular complexity index is 718. The van der Waals surface area contributed by atoms with Crippen molar-refractivity contribution < 1.29 is 9.53 Å². The summed E-state index contributed by atoms with van der Waals surface area (Å²) >= 11 is 1.82. The van der Waals surface area contributed by atoms with Gasteiger partial charge in [-0.3, -0.25) is 0 Å². The summed E-state index contributed by atoms with van der Waals surface area (Å²) in [6.07, 6.45) is 11.7. The Balaban J connectivity index is 2.80. The first-order chi connectivity index (χ1) is 11.8. The van der Waals surface area contributed by atoms with Gasteiger partial charge in [0.25, 0.3) is 0 Å². The highest BCUT2D eigenvalue weighted by atomic mass is 32.1. The maximum Gasteiger partial charge on any atom is 0.330 e. The molecule has 0 unspecified atom stereocenters. The van der Waals surface area contributed by atoms with Crippen molar-refractivity contribution in [3.8, 4) is 0 Å². The highest BCUT2D eigenvalue weighted by Crippen LogP contribution is 2.34. The van der Waals surface area contributed by atoms with E-state index in [4.69, 9.17) is 4.74 Å². The van der Waals surface area contributed by atoms with Crippen LogP contribution in [0.25, 0.3) is 6.08 Å². The van der Waals surface area contributed by atoms with Crippen molar-refractivity contribution in [3.05, 3.63) is 57.5 Å². The summed E-state index contributed by atoms with van der Waals surface area (Å²) in [6, 6.07) is 0. The highest BCUT2D eigenvalue weighted by Gasteiger charge is 2.10. The summed E-state index contributed by atoms with van der Waals surface area (Å²) in [5, 5.41) is 1.30. The number of nitrogens with zero attached hydrogens (tertiary/aromatic N) is 1. The summed E-state index contributed by atoms with van der Waals surface area (Å²) in [6.45, 7) is 10.5. The van der Waals surface area contributed by atoms with E-state index in [1.165, 1.54) is 27.1 Å². The smallest absolute Gasteiger partial charge is 0.330 e. The zero-order valence-electron chi connectivity index (χ0n) is 16.3. The lowest BCUT2D eigenvalue weighted by Gasteiger charge is -2.10. The van der Waals surface area contributed by atoms with Gasteiger partial charge in [0.15, 0.2) is 0 Å². The first kappa shape index (κ1) is 21.0. The summed E-state index contributed by atoms with van der Waals surface area (Å²) < 4.78 is 4.89. The van der Waals surface area contributed by atoms with Gasteiger partial charge < -0.3 is 9.64 Å². The first-order valence-electron chi connectivity index (χ1n) is 8.41. The van der Waals surface area contributed by atoms with E-state index in [0.717, 1.165) is 11.1 Å². The van der Waals surface area contributed by atoms with Gasteiger partial charge in [0, 0.05) is 25.0 Å². The molecule has 25 heavy (non-hydrogen) atoms. The van der Waals surface area contributed by atoms with Crippen molar-refractivity contribution in [3.63, 3.8) is 0 Å². The Morgan fingerprint density at radius 3 is 2.40 bits per heavy atom. The molecule has 0 radical (unpaired) electrons. The minimum Gasteiger partial charge on any atom is -0.463 e. The predicted molar refractivity (Wildman–Crippen MR) is 110 cm³/mol. The van der Waals surface area contributed by atoms with Gasteiger partial charge in [0.05, 0.1) is 11.6 Å². The molecular weight excluding hydrogens is 330 g/mol. The number of rotatable bonds is 7. The van der Waals surface area contributed by atoms with Crippen LogP contribution in [0.5, 0.6) is 0 Å². The summed E-state index contributed by atoms with van der Waals surface area (Å²) in [5.74, 6) is -0.301. The summed E-state index contributed by atoms with van der Waals surface area (Å²) in [7, 11) is 4.15. The lowest BCUT2D eigenvalue weighted by atomic mass is 10.1. The van der Waals surface area contributed by atoms with Crippen LogP contribution in [0.4, 0.5) is 5.00 Å². The molecule has 1 aromatic rings. The van der Waals surface area contributed by atoms with E-state index in [0.29, 0.717) is 6.61 Å². The second-order valence-corrected chi connectivity index (χ2v) is 7.34. The molecule has 0 amide bonds. The van der Waals surface area contributed by atoms with E-state index in [9.17, 15) is 4.79 Å². The lowest BCUT2D eigenvalue weighted by molar-refractivity contribution is -0.137. The molecule has 3 nitrogen and oxygen atoms in total. The quantitative estimate of drug-likeness (QED) is 0.368. The molecule has 0 spiro atoms. The van der Waals surface area contributed by atoms with Crippen LogP contribution in [-0.4, -0.2) is 26.7 Å². The third kappa shape index (κ3) is 6.75. The number of ether oxygens (including phenoxy) is 1. The first-order valence-corrected chi connectivity index (χ1v) is 9.23. The van der Waals surface area contributed by atoms with Gasteiger partial charge in [-0.25, -0.2) is 4.79 Å². The minimum atomic E-state index is -0.301.